The van der Waals surface area contributed by atoms with E-state index in [9.17, 15) is 8.42 Å². The van der Waals surface area contributed by atoms with Gasteiger partial charge < -0.3 is 0 Å². The van der Waals surface area contributed by atoms with Gasteiger partial charge in [-0.3, -0.25) is 8.42 Å². The number of rotatable bonds is 4. The molecule has 104 valence electrons. The highest BCUT2D eigenvalue weighted by Crippen LogP contribution is 2.30. The summed E-state index contributed by atoms with van der Waals surface area (Å²) in [6.07, 6.45) is 0.453. The standard InChI is InChI=1S/C14H14N2O2S2/c15-9-12(10-16)13(8-11-4-2-1-3-5-11)14-19(17)6-7-20(14)18/h1-5,12-14H,6-8H2/t13?,19-,20-/m0/s1. The maximum atomic E-state index is 12.1. The van der Waals surface area contributed by atoms with Gasteiger partial charge in [-0.1, -0.05) is 30.3 Å². The summed E-state index contributed by atoms with van der Waals surface area (Å²) in [5, 5.41) is 18.3. The van der Waals surface area contributed by atoms with Crippen molar-refractivity contribution >= 4 is 21.6 Å². The van der Waals surface area contributed by atoms with Crippen molar-refractivity contribution in [3.63, 3.8) is 0 Å². The minimum absolute atomic E-state index is 0.395. The van der Waals surface area contributed by atoms with Crippen LogP contribution in [-0.4, -0.2) is 24.5 Å². The van der Waals surface area contributed by atoms with Crippen LogP contribution in [-0.2, 0) is 28.0 Å². The Morgan fingerprint density at radius 2 is 1.65 bits per heavy atom. The van der Waals surface area contributed by atoms with Crippen molar-refractivity contribution < 1.29 is 8.42 Å². The molecule has 1 heterocycles. The summed E-state index contributed by atoms with van der Waals surface area (Å²) in [6.45, 7) is 0. The van der Waals surface area contributed by atoms with E-state index in [4.69, 9.17) is 10.5 Å². The molecule has 2 rings (SSSR count). The molecule has 1 aromatic rings. The van der Waals surface area contributed by atoms with Crippen molar-refractivity contribution in [1.82, 2.24) is 0 Å². The molecule has 0 radical (unpaired) electrons. The van der Waals surface area contributed by atoms with Crippen LogP contribution in [0.1, 0.15) is 5.56 Å². The van der Waals surface area contributed by atoms with E-state index in [1.807, 2.05) is 42.5 Å². The van der Waals surface area contributed by atoms with Crippen LogP contribution in [0.15, 0.2) is 30.3 Å². The molecule has 0 aliphatic carbocycles. The summed E-state index contributed by atoms with van der Waals surface area (Å²) in [6, 6.07) is 13.4. The molecular weight excluding hydrogens is 292 g/mol. The molecule has 0 N–H and O–H groups in total. The van der Waals surface area contributed by atoms with Gasteiger partial charge in [-0.05, 0) is 12.0 Å². The zero-order valence-corrected chi connectivity index (χ0v) is 12.4. The number of benzene rings is 1. The van der Waals surface area contributed by atoms with Crippen molar-refractivity contribution in [3.8, 4) is 12.1 Å². The van der Waals surface area contributed by atoms with Gasteiger partial charge in [-0.25, -0.2) is 0 Å². The summed E-state index contributed by atoms with van der Waals surface area (Å²) >= 11 is 0. The highest BCUT2D eigenvalue weighted by Gasteiger charge is 2.41. The first kappa shape index (κ1) is 14.9. The molecule has 1 aliphatic rings. The van der Waals surface area contributed by atoms with E-state index in [1.54, 1.807) is 0 Å². The molecule has 1 saturated heterocycles. The molecule has 0 bridgehead atoms. The van der Waals surface area contributed by atoms with Crippen molar-refractivity contribution in [1.29, 1.82) is 10.5 Å². The molecule has 4 nitrogen and oxygen atoms in total. The molecule has 6 heteroatoms. The van der Waals surface area contributed by atoms with Gasteiger partial charge in [0, 0.05) is 39.0 Å². The van der Waals surface area contributed by atoms with Gasteiger partial charge in [0.05, 0.1) is 12.1 Å². The zero-order valence-electron chi connectivity index (χ0n) is 10.8. The van der Waals surface area contributed by atoms with E-state index >= 15 is 0 Å². The molecule has 0 aromatic heterocycles. The van der Waals surface area contributed by atoms with Crippen molar-refractivity contribution in [2.45, 2.75) is 11.0 Å². The van der Waals surface area contributed by atoms with Crippen LogP contribution in [0.2, 0.25) is 0 Å². The quantitative estimate of drug-likeness (QED) is 0.840. The second kappa shape index (κ2) is 6.78. The second-order valence-corrected chi connectivity index (χ2v) is 8.28. The van der Waals surface area contributed by atoms with E-state index in [-0.39, 0.29) is 0 Å². The van der Waals surface area contributed by atoms with Crippen LogP contribution in [0.5, 0.6) is 0 Å². The van der Waals surface area contributed by atoms with E-state index in [2.05, 4.69) is 0 Å². The lowest BCUT2D eigenvalue weighted by Gasteiger charge is -2.22. The monoisotopic (exact) mass is 306 g/mol. The van der Waals surface area contributed by atoms with Crippen LogP contribution in [0, 0.1) is 34.5 Å². The number of nitrogens with zero attached hydrogens (tertiary/aromatic N) is 2. The van der Waals surface area contributed by atoms with Crippen LogP contribution < -0.4 is 0 Å². The highest BCUT2D eigenvalue weighted by molar-refractivity contribution is 8.06. The Bertz CT molecular complexity index is 574. The lowest BCUT2D eigenvalue weighted by Crippen LogP contribution is -2.32. The van der Waals surface area contributed by atoms with Gasteiger partial charge in [0.25, 0.3) is 0 Å². The summed E-state index contributed by atoms with van der Waals surface area (Å²) in [7, 11) is -2.44. The minimum Gasteiger partial charge on any atom is -0.258 e. The average Bonchev–Trinajstić information content (AvgIpc) is 2.79. The Labute approximate surface area is 123 Å². The first-order chi connectivity index (χ1) is 9.67. The normalized spacial score (nSPS) is 24.1. The van der Waals surface area contributed by atoms with Crippen molar-refractivity contribution in [2.24, 2.45) is 11.8 Å². The molecule has 1 fully saturated rings. The molecule has 3 atom stereocenters. The summed E-state index contributed by atoms with van der Waals surface area (Å²) in [4.78, 5) is 0. The van der Waals surface area contributed by atoms with E-state index in [0.29, 0.717) is 17.9 Å². The van der Waals surface area contributed by atoms with Gasteiger partial charge in [-0.2, -0.15) is 10.5 Å². The minimum atomic E-state index is -1.22. The number of hydrogen-bond donors (Lipinski definition) is 0. The molecule has 0 amide bonds. The Morgan fingerprint density at radius 3 is 2.15 bits per heavy atom. The predicted molar refractivity (Wildman–Crippen MR) is 78.2 cm³/mol. The zero-order chi connectivity index (χ0) is 14.5. The third-order valence-corrected chi connectivity index (χ3v) is 7.87. The predicted octanol–water partition coefficient (Wildman–Crippen LogP) is 1.35. The van der Waals surface area contributed by atoms with Crippen LogP contribution in [0.4, 0.5) is 0 Å². The third-order valence-electron chi connectivity index (χ3n) is 3.37. The SMILES string of the molecule is N#CC(C#N)C(Cc1ccccc1)C1[S@@](=O)CC[S@@]1=O. The summed E-state index contributed by atoms with van der Waals surface area (Å²) < 4.78 is 23.5. The molecule has 1 unspecified atom stereocenters. The smallest absolute Gasteiger partial charge is 0.138 e. The fourth-order valence-electron chi connectivity index (χ4n) is 2.38. The molecule has 0 spiro atoms. The average molecular weight is 306 g/mol. The van der Waals surface area contributed by atoms with Gasteiger partial charge in [0.1, 0.15) is 10.5 Å². The summed E-state index contributed by atoms with van der Waals surface area (Å²) in [5.74, 6) is -0.541. The highest BCUT2D eigenvalue weighted by atomic mass is 32.3. The fraction of sp³-hybridized carbons (Fsp3) is 0.429. The molecule has 20 heavy (non-hydrogen) atoms. The van der Waals surface area contributed by atoms with Crippen LogP contribution >= 0.6 is 0 Å². The first-order valence-corrected chi connectivity index (χ1v) is 9.01. The lowest BCUT2D eigenvalue weighted by atomic mass is 9.90. The first-order valence-electron chi connectivity index (χ1n) is 6.25. The topological polar surface area (TPSA) is 81.7 Å². The van der Waals surface area contributed by atoms with E-state index < -0.39 is 38.0 Å². The Morgan fingerprint density at radius 1 is 1.10 bits per heavy atom. The Hall–Kier alpha value is -1.50. The maximum absolute atomic E-state index is 12.1. The van der Waals surface area contributed by atoms with Crippen LogP contribution in [0.3, 0.4) is 0 Å². The number of hydrogen-bond acceptors (Lipinski definition) is 4. The molecule has 1 aromatic carbocycles. The summed E-state index contributed by atoms with van der Waals surface area (Å²) in [5.41, 5.74) is 0.967. The molecule has 1 aliphatic heterocycles. The number of nitriles is 2. The van der Waals surface area contributed by atoms with Gasteiger partial charge in [-0.15, -0.1) is 0 Å². The van der Waals surface area contributed by atoms with Gasteiger partial charge >= 0.3 is 0 Å². The fourth-order valence-corrected chi connectivity index (χ4v) is 6.98. The van der Waals surface area contributed by atoms with E-state index in [1.165, 1.54) is 0 Å². The molecule has 0 saturated carbocycles. The van der Waals surface area contributed by atoms with Crippen molar-refractivity contribution in [3.05, 3.63) is 35.9 Å². The van der Waals surface area contributed by atoms with Gasteiger partial charge in [0.2, 0.25) is 0 Å². The second-order valence-electron chi connectivity index (χ2n) is 4.63. The molecular formula is C14H14N2O2S2. The van der Waals surface area contributed by atoms with Crippen LogP contribution in [0.25, 0.3) is 0 Å². The van der Waals surface area contributed by atoms with Gasteiger partial charge in [0.15, 0.2) is 0 Å². The third kappa shape index (κ3) is 3.15. The van der Waals surface area contributed by atoms with E-state index in [0.717, 1.165) is 5.56 Å². The largest absolute Gasteiger partial charge is 0.258 e. The maximum Gasteiger partial charge on any atom is 0.138 e. The Balaban J connectivity index is 2.31. The van der Waals surface area contributed by atoms with Crippen molar-refractivity contribution in [2.75, 3.05) is 11.5 Å². The Kier molecular flexibility index (Phi) is 5.05. The lowest BCUT2D eigenvalue weighted by molar-refractivity contribution is 0.492.